The fourth-order valence-electron chi connectivity index (χ4n) is 3.43. The second-order valence-corrected chi connectivity index (χ2v) is 8.93. The van der Waals surface area contributed by atoms with Crippen LogP contribution in [0.2, 0.25) is 0 Å². The number of hydrogen-bond donors (Lipinski definition) is 5. The molecule has 9 nitrogen and oxygen atoms in total. The first-order valence-electron chi connectivity index (χ1n) is 9.24. The number of carbonyl (C=O) groups excluding carboxylic acids is 1. The van der Waals surface area contributed by atoms with E-state index in [1.54, 1.807) is 6.07 Å². The Hall–Kier alpha value is -2.33. The molecule has 156 valence electrons. The first-order valence-corrected chi connectivity index (χ1v) is 10.9. The molecule has 0 aromatic heterocycles. The number of carboxylic acid groups (broad SMARTS) is 1. The van der Waals surface area contributed by atoms with Gasteiger partial charge in [-0.05, 0) is 31.0 Å². The lowest BCUT2D eigenvalue weighted by atomic mass is 9.79. The molecule has 2 unspecified atom stereocenters. The third-order valence-corrected chi connectivity index (χ3v) is 6.59. The van der Waals surface area contributed by atoms with Crippen LogP contribution >= 0.6 is 0 Å². The number of benzene rings is 1. The summed E-state index contributed by atoms with van der Waals surface area (Å²) in [5.74, 6) is -2.85. The van der Waals surface area contributed by atoms with Crippen molar-refractivity contribution in [3.8, 4) is 0 Å². The minimum Gasteiger partial charge on any atom is -0.481 e. The maximum atomic E-state index is 12.3. The van der Waals surface area contributed by atoms with Gasteiger partial charge in [-0.1, -0.05) is 12.8 Å². The van der Waals surface area contributed by atoms with Crippen molar-refractivity contribution in [2.45, 2.75) is 30.6 Å². The number of sulfone groups is 1. The van der Waals surface area contributed by atoms with E-state index in [9.17, 15) is 23.1 Å². The van der Waals surface area contributed by atoms with Crippen LogP contribution in [-0.2, 0) is 19.4 Å². The summed E-state index contributed by atoms with van der Waals surface area (Å²) in [5, 5.41) is 23.9. The molecule has 0 aliphatic heterocycles. The molecule has 0 heterocycles. The highest BCUT2D eigenvalue weighted by Gasteiger charge is 2.35. The number of aliphatic hydroxyl groups excluding tert-OH is 1. The molecule has 0 bridgehead atoms. The van der Waals surface area contributed by atoms with Gasteiger partial charge in [0, 0.05) is 18.8 Å². The number of nitrogens with one attached hydrogen (secondary N) is 2. The Morgan fingerprint density at radius 2 is 1.82 bits per heavy atom. The van der Waals surface area contributed by atoms with Crippen LogP contribution in [0.5, 0.6) is 0 Å². The normalized spacial score (nSPS) is 19.8. The van der Waals surface area contributed by atoms with E-state index in [4.69, 9.17) is 10.8 Å². The molecule has 10 heteroatoms. The molecular weight excluding hydrogens is 386 g/mol. The Morgan fingerprint density at radius 3 is 2.46 bits per heavy atom. The molecule has 6 N–H and O–H groups in total. The molecule has 1 aromatic rings. The molecule has 2 rings (SSSR count). The molecule has 1 fully saturated rings. The molecule has 28 heavy (non-hydrogen) atoms. The van der Waals surface area contributed by atoms with Crippen molar-refractivity contribution in [1.29, 1.82) is 0 Å². The Bertz CT molecular complexity index is 812. The van der Waals surface area contributed by atoms with Crippen LogP contribution in [-0.4, -0.2) is 56.0 Å². The summed E-state index contributed by atoms with van der Waals surface area (Å²) >= 11 is 0. The smallest absolute Gasteiger partial charge is 0.307 e. The number of carbonyl (C=O) groups is 2. The minimum atomic E-state index is -3.70. The maximum absolute atomic E-state index is 12.3. The van der Waals surface area contributed by atoms with E-state index < -0.39 is 40.0 Å². The lowest BCUT2D eigenvalue weighted by Crippen LogP contribution is -2.41. The van der Waals surface area contributed by atoms with Gasteiger partial charge >= 0.3 is 5.97 Å². The average Bonchev–Trinajstić information content (AvgIpc) is 2.65. The summed E-state index contributed by atoms with van der Waals surface area (Å²) in [6, 6.07) is 4.41. The largest absolute Gasteiger partial charge is 0.481 e. The Morgan fingerprint density at radius 1 is 1.14 bits per heavy atom. The first kappa shape index (κ1) is 22.0. The van der Waals surface area contributed by atoms with E-state index in [1.807, 2.05) is 0 Å². The molecular formula is C18H27N3O6S. The van der Waals surface area contributed by atoms with Crippen molar-refractivity contribution in [3.63, 3.8) is 0 Å². The molecule has 2 atom stereocenters. The van der Waals surface area contributed by atoms with E-state index in [0.29, 0.717) is 18.5 Å². The molecule has 1 aliphatic rings. The third kappa shape index (κ3) is 5.59. The number of carboxylic acids is 1. The highest BCUT2D eigenvalue weighted by atomic mass is 32.2. The predicted molar refractivity (Wildman–Crippen MR) is 105 cm³/mol. The second-order valence-electron chi connectivity index (χ2n) is 6.85. The van der Waals surface area contributed by atoms with Crippen molar-refractivity contribution < 1.29 is 28.2 Å². The number of amides is 1. The highest BCUT2D eigenvalue weighted by Crippen LogP contribution is 2.30. The van der Waals surface area contributed by atoms with E-state index in [1.165, 1.54) is 12.1 Å². The van der Waals surface area contributed by atoms with Gasteiger partial charge in [0.1, 0.15) is 0 Å². The molecule has 1 saturated carbocycles. The maximum Gasteiger partial charge on any atom is 0.307 e. The monoisotopic (exact) mass is 413 g/mol. The van der Waals surface area contributed by atoms with Crippen molar-refractivity contribution in [3.05, 3.63) is 18.2 Å². The number of nitrogen functional groups attached to an aromatic ring is 1. The topological polar surface area (TPSA) is 159 Å². The van der Waals surface area contributed by atoms with Crippen LogP contribution in [0, 0.1) is 11.8 Å². The van der Waals surface area contributed by atoms with Crippen LogP contribution in [0.1, 0.15) is 25.7 Å². The van der Waals surface area contributed by atoms with Gasteiger partial charge in [-0.2, -0.15) is 0 Å². The molecule has 1 aliphatic carbocycles. The summed E-state index contributed by atoms with van der Waals surface area (Å²) in [6.07, 6.45) is 2.70. The van der Waals surface area contributed by atoms with Gasteiger partial charge in [0.25, 0.3) is 0 Å². The molecule has 0 saturated heterocycles. The standard InChI is InChI=1S/C18H27N3O6S/c19-12-5-6-15(16(11-12)28(26,27)10-9-22)20-7-8-21-17(23)13-3-1-2-4-14(13)18(24)25/h5-6,11,13-14,20,22H,1-4,7-10,19H2,(H,21,23)(H,24,25). The number of aliphatic carboxylic acids is 1. The Balaban J connectivity index is 1.95. The van der Waals surface area contributed by atoms with Gasteiger partial charge in [-0.3, -0.25) is 9.59 Å². The van der Waals surface area contributed by atoms with Crippen molar-refractivity contribution in [1.82, 2.24) is 5.32 Å². The van der Waals surface area contributed by atoms with Gasteiger partial charge in [-0.25, -0.2) is 8.42 Å². The van der Waals surface area contributed by atoms with Gasteiger partial charge in [-0.15, -0.1) is 0 Å². The SMILES string of the molecule is Nc1ccc(NCCNC(=O)C2CCCCC2C(=O)O)c(S(=O)(=O)CCO)c1. The van der Waals surface area contributed by atoms with Crippen LogP contribution in [0.25, 0.3) is 0 Å². The summed E-state index contributed by atoms with van der Waals surface area (Å²) in [7, 11) is -3.70. The number of hydrogen-bond acceptors (Lipinski definition) is 7. The minimum absolute atomic E-state index is 0.00824. The van der Waals surface area contributed by atoms with Crippen LogP contribution in [0.4, 0.5) is 11.4 Å². The van der Waals surface area contributed by atoms with Gasteiger partial charge in [0.05, 0.1) is 34.8 Å². The Labute approximate surface area is 164 Å². The average molecular weight is 413 g/mol. The van der Waals surface area contributed by atoms with E-state index in [-0.39, 0.29) is 29.6 Å². The summed E-state index contributed by atoms with van der Waals surface area (Å²) in [4.78, 5) is 23.6. The van der Waals surface area contributed by atoms with Gasteiger partial charge < -0.3 is 26.6 Å². The zero-order valence-electron chi connectivity index (χ0n) is 15.6. The van der Waals surface area contributed by atoms with Crippen molar-refractivity contribution in [2.24, 2.45) is 11.8 Å². The quantitative estimate of drug-likeness (QED) is 0.288. The van der Waals surface area contributed by atoms with Crippen molar-refractivity contribution >= 4 is 33.1 Å². The summed E-state index contributed by atoms with van der Waals surface area (Å²) < 4.78 is 24.5. The molecule has 0 radical (unpaired) electrons. The van der Waals surface area contributed by atoms with Crippen LogP contribution in [0.15, 0.2) is 23.1 Å². The van der Waals surface area contributed by atoms with Crippen LogP contribution in [0.3, 0.4) is 0 Å². The zero-order valence-corrected chi connectivity index (χ0v) is 16.4. The lowest BCUT2D eigenvalue weighted by molar-refractivity contribution is -0.148. The number of anilines is 2. The number of aliphatic hydroxyl groups is 1. The van der Waals surface area contributed by atoms with Crippen molar-refractivity contribution in [2.75, 3.05) is 36.5 Å². The molecule has 1 amide bonds. The molecule has 1 aromatic carbocycles. The van der Waals surface area contributed by atoms with E-state index >= 15 is 0 Å². The predicted octanol–water partition coefficient (Wildman–Crippen LogP) is 0.454. The van der Waals surface area contributed by atoms with E-state index in [0.717, 1.165) is 12.8 Å². The zero-order chi connectivity index (χ0) is 20.7. The van der Waals surface area contributed by atoms with Crippen LogP contribution < -0.4 is 16.4 Å². The fraction of sp³-hybridized carbons (Fsp3) is 0.556. The lowest BCUT2D eigenvalue weighted by Gasteiger charge is -2.27. The second kappa shape index (κ2) is 9.74. The summed E-state index contributed by atoms with van der Waals surface area (Å²) in [6.45, 7) is -0.0357. The molecule has 0 spiro atoms. The Kier molecular flexibility index (Phi) is 7.64. The van der Waals surface area contributed by atoms with Gasteiger partial charge in [0.15, 0.2) is 9.84 Å². The van der Waals surface area contributed by atoms with Gasteiger partial charge in [0.2, 0.25) is 5.91 Å². The summed E-state index contributed by atoms with van der Waals surface area (Å²) in [5.41, 5.74) is 6.29. The third-order valence-electron chi connectivity index (χ3n) is 4.86. The number of rotatable bonds is 9. The number of nitrogens with two attached hydrogens (primary N) is 1. The highest BCUT2D eigenvalue weighted by molar-refractivity contribution is 7.91. The van der Waals surface area contributed by atoms with E-state index in [2.05, 4.69) is 10.6 Å². The first-order chi connectivity index (χ1) is 13.3. The fourth-order valence-corrected chi connectivity index (χ4v) is 4.68.